The summed E-state index contributed by atoms with van der Waals surface area (Å²) in [5.74, 6) is 1.10. The molecule has 110 valence electrons. The fraction of sp³-hybridized carbons (Fsp3) is 0.385. The van der Waals surface area contributed by atoms with Gasteiger partial charge in [0.1, 0.15) is 11.5 Å². The summed E-state index contributed by atoms with van der Waals surface area (Å²) in [6.07, 6.45) is 0.621. The number of ether oxygens (including phenoxy) is 2. The van der Waals surface area contributed by atoms with Crippen LogP contribution in [0.5, 0.6) is 11.5 Å². The summed E-state index contributed by atoms with van der Waals surface area (Å²) in [4.78, 5) is 21.8. The number of hydrogen-bond donors (Lipinski definition) is 3. The Morgan fingerprint density at radius 1 is 1.10 bits per heavy atom. The minimum absolute atomic E-state index is 0.128. The molecule has 0 aliphatic rings. The molecule has 0 aliphatic heterocycles. The van der Waals surface area contributed by atoms with E-state index in [2.05, 4.69) is 10.6 Å². The first-order chi connectivity index (χ1) is 9.55. The Kier molecular flexibility index (Phi) is 6.15. The van der Waals surface area contributed by atoms with E-state index in [0.29, 0.717) is 24.5 Å². The Bertz CT molecular complexity index is 454. The first-order valence-corrected chi connectivity index (χ1v) is 6.07. The lowest BCUT2D eigenvalue weighted by atomic mass is 10.1. The molecule has 0 aromatic heterocycles. The maximum atomic E-state index is 11.4. The minimum Gasteiger partial charge on any atom is -0.497 e. The molecular weight excluding hydrogens is 262 g/mol. The number of primary amides is 1. The van der Waals surface area contributed by atoms with Crippen molar-refractivity contribution in [2.75, 3.05) is 27.3 Å². The van der Waals surface area contributed by atoms with Crippen LogP contribution in [0.3, 0.4) is 0 Å². The van der Waals surface area contributed by atoms with Gasteiger partial charge in [-0.3, -0.25) is 4.79 Å². The number of hydrogen-bond acceptors (Lipinski definition) is 4. The van der Waals surface area contributed by atoms with E-state index in [1.54, 1.807) is 20.3 Å². The summed E-state index contributed by atoms with van der Waals surface area (Å²) < 4.78 is 10.3. The van der Waals surface area contributed by atoms with Gasteiger partial charge >= 0.3 is 6.03 Å². The summed E-state index contributed by atoms with van der Waals surface area (Å²) in [5, 5.41) is 4.89. The van der Waals surface area contributed by atoms with Crippen molar-refractivity contribution in [2.24, 2.45) is 5.73 Å². The van der Waals surface area contributed by atoms with Crippen LogP contribution < -0.4 is 25.8 Å². The maximum Gasteiger partial charge on any atom is 0.312 e. The average molecular weight is 281 g/mol. The van der Waals surface area contributed by atoms with Gasteiger partial charge in [0.25, 0.3) is 0 Å². The minimum atomic E-state index is -0.724. The van der Waals surface area contributed by atoms with E-state index in [0.717, 1.165) is 5.56 Å². The Morgan fingerprint density at radius 3 is 2.20 bits per heavy atom. The molecule has 0 fully saturated rings. The number of rotatable bonds is 7. The Labute approximate surface area is 117 Å². The molecular formula is C13H19N3O4. The van der Waals surface area contributed by atoms with Crippen LogP contribution >= 0.6 is 0 Å². The smallest absolute Gasteiger partial charge is 0.312 e. The van der Waals surface area contributed by atoms with Crippen LogP contribution in [0.2, 0.25) is 0 Å². The van der Waals surface area contributed by atoms with Gasteiger partial charge in [0.15, 0.2) is 0 Å². The third-order valence-corrected chi connectivity index (χ3v) is 2.57. The molecule has 20 heavy (non-hydrogen) atoms. The predicted octanol–water partition coefficient (Wildman–Crippen LogP) is 0.0308. The molecule has 0 unspecified atom stereocenters. The van der Waals surface area contributed by atoms with Crippen LogP contribution in [0.25, 0.3) is 0 Å². The zero-order chi connectivity index (χ0) is 15.0. The van der Waals surface area contributed by atoms with Gasteiger partial charge in [-0.15, -0.1) is 0 Å². The topological polar surface area (TPSA) is 103 Å². The molecule has 3 amide bonds. The first-order valence-electron chi connectivity index (χ1n) is 6.07. The molecule has 7 heteroatoms. The van der Waals surface area contributed by atoms with Crippen LogP contribution in [0, 0.1) is 0 Å². The van der Waals surface area contributed by atoms with Gasteiger partial charge in [0, 0.05) is 12.6 Å². The van der Waals surface area contributed by atoms with Crippen molar-refractivity contribution in [3.63, 3.8) is 0 Å². The number of amides is 3. The number of urea groups is 1. The summed E-state index contributed by atoms with van der Waals surface area (Å²) in [6, 6.07) is 4.80. The molecule has 0 saturated carbocycles. The number of nitrogens with one attached hydrogen (secondary N) is 2. The van der Waals surface area contributed by atoms with Crippen LogP contribution in [0.4, 0.5) is 4.79 Å². The molecule has 4 N–H and O–H groups in total. The molecule has 1 aromatic carbocycles. The normalized spacial score (nSPS) is 9.70. The van der Waals surface area contributed by atoms with Crippen molar-refractivity contribution >= 4 is 11.9 Å². The molecule has 7 nitrogen and oxygen atoms in total. The highest BCUT2D eigenvalue weighted by molar-refractivity contribution is 5.83. The number of benzene rings is 1. The van der Waals surface area contributed by atoms with Gasteiger partial charge in [0.2, 0.25) is 5.91 Å². The zero-order valence-corrected chi connectivity index (χ0v) is 11.6. The summed E-state index contributed by atoms with van der Waals surface area (Å²) in [6.45, 7) is 0.312. The fourth-order valence-corrected chi connectivity index (χ4v) is 1.59. The Morgan fingerprint density at radius 2 is 1.70 bits per heavy atom. The Balaban J connectivity index is 2.45. The molecule has 0 radical (unpaired) electrons. The van der Waals surface area contributed by atoms with Crippen molar-refractivity contribution in [3.05, 3.63) is 23.8 Å². The van der Waals surface area contributed by atoms with Gasteiger partial charge in [0.05, 0.1) is 20.8 Å². The van der Waals surface area contributed by atoms with Gasteiger partial charge in [-0.25, -0.2) is 4.79 Å². The van der Waals surface area contributed by atoms with E-state index in [1.807, 2.05) is 12.1 Å². The molecule has 0 atom stereocenters. The van der Waals surface area contributed by atoms with Gasteiger partial charge < -0.3 is 25.8 Å². The highest BCUT2D eigenvalue weighted by Gasteiger charge is 2.04. The van der Waals surface area contributed by atoms with Gasteiger partial charge in [-0.05, 0) is 24.1 Å². The van der Waals surface area contributed by atoms with E-state index in [9.17, 15) is 9.59 Å². The van der Waals surface area contributed by atoms with E-state index >= 15 is 0 Å². The summed E-state index contributed by atoms with van der Waals surface area (Å²) in [5.41, 5.74) is 5.84. The van der Waals surface area contributed by atoms with Crippen molar-refractivity contribution in [1.29, 1.82) is 0 Å². The third kappa shape index (κ3) is 5.47. The quantitative estimate of drug-likeness (QED) is 0.656. The lowest BCUT2D eigenvalue weighted by molar-refractivity contribution is -0.120. The van der Waals surface area contributed by atoms with Crippen molar-refractivity contribution in [3.8, 4) is 11.5 Å². The number of carbonyl (C=O) groups is 2. The number of methoxy groups -OCH3 is 2. The van der Waals surface area contributed by atoms with Crippen molar-refractivity contribution in [2.45, 2.75) is 6.42 Å². The highest BCUT2D eigenvalue weighted by atomic mass is 16.5. The largest absolute Gasteiger partial charge is 0.497 e. The highest BCUT2D eigenvalue weighted by Crippen LogP contribution is 2.22. The SMILES string of the molecule is COc1cc(CCNC(=O)CNC(N)=O)cc(OC)c1. The second-order valence-corrected chi connectivity index (χ2v) is 4.04. The van der Waals surface area contributed by atoms with E-state index in [-0.39, 0.29) is 12.5 Å². The van der Waals surface area contributed by atoms with Crippen LogP contribution in [-0.2, 0) is 11.2 Å². The summed E-state index contributed by atoms with van der Waals surface area (Å²) >= 11 is 0. The van der Waals surface area contributed by atoms with Crippen molar-refractivity contribution in [1.82, 2.24) is 10.6 Å². The van der Waals surface area contributed by atoms with Crippen molar-refractivity contribution < 1.29 is 19.1 Å². The average Bonchev–Trinajstić information content (AvgIpc) is 2.44. The van der Waals surface area contributed by atoms with Crippen LogP contribution in [0.1, 0.15) is 5.56 Å². The molecule has 1 rings (SSSR count). The lowest BCUT2D eigenvalue weighted by Gasteiger charge is -2.09. The third-order valence-electron chi connectivity index (χ3n) is 2.57. The molecule has 0 saturated heterocycles. The Hall–Kier alpha value is -2.44. The van der Waals surface area contributed by atoms with E-state index in [4.69, 9.17) is 15.2 Å². The summed E-state index contributed by atoms with van der Waals surface area (Å²) in [7, 11) is 3.16. The van der Waals surface area contributed by atoms with Gasteiger partial charge in [-0.2, -0.15) is 0 Å². The molecule has 0 bridgehead atoms. The molecule has 0 spiro atoms. The fourth-order valence-electron chi connectivity index (χ4n) is 1.59. The zero-order valence-electron chi connectivity index (χ0n) is 11.6. The van der Waals surface area contributed by atoms with Gasteiger partial charge in [-0.1, -0.05) is 0 Å². The first kappa shape index (κ1) is 15.6. The predicted molar refractivity (Wildman–Crippen MR) is 73.8 cm³/mol. The second kappa shape index (κ2) is 7.88. The number of carbonyl (C=O) groups excluding carboxylic acids is 2. The second-order valence-electron chi connectivity index (χ2n) is 4.04. The standard InChI is InChI=1S/C13H19N3O4/c1-19-10-5-9(6-11(7-10)20-2)3-4-15-12(17)8-16-13(14)18/h5-7H,3-4,8H2,1-2H3,(H,15,17)(H3,14,16,18). The monoisotopic (exact) mass is 281 g/mol. The maximum absolute atomic E-state index is 11.4. The number of nitrogens with two attached hydrogens (primary N) is 1. The van der Waals surface area contributed by atoms with E-state index < -0.39 is 6.03 Å². The van der Waals surface area contributed by atoms with Crippen LogP contribution in [-0.4, -0.2) is 39.2 Å². The lowest BCUT2D eigenvalue weighted by Crippen LogP contribution is -2.39. The van der Waals surface area contributed by atoms with Crippen LogP contribution in [0.15, 0.2) is 18.2 Å². The van der Waals surface area contributed by atoms with E-state index in [1.165, 1.54) is 0 Å². The molecule has 0 heterocycles. The molecule has 0 aliphatic carbocycles. The molecule has 1 aromatic rings.